The number of hydrogen-bond donors (Lipinski definition) is 0. The smallest absolute Gasteiger partial charge is 0.330 e. The maximum absolute atomic E-state index is 12.7. The molecule has 1 saturated heterocycles. The minimum absolute atomic E-state index is 0.211. The third-order valence-electron chi connectivity index (χ3n) is 3.65. The third kappa shape index (κ3) is 3.93. The van der Waals surface area contributed by atoms with E-state index in [-0.39, 0.29) is 17.5 Å². The van der Waals surface area contributed by atoms with Gasteiger partial charge in [0.15, 0.2) is 15.9 Å². The van der Waals surface area contributed by atoms with Crippen LogP contribution in [0.2, 0.25) is 0 Å². The van der Waals surface area contributed by atoms with Crippen molar-refractivity contribution < 1.29 is 22.5 Å². The second-order valence-electron chi connectivity index (χ2n) is 6.70. The molecule has 0 saturated carbocycles. The summed E-state index contributed by atoms with van der Waals surface area (Å²) in [6.45, 7) is 7.50. The Labute approximate surface area is 146 Å². The van der Waals surface area contributed by atoms with Crippen LogP contribution in [0.1, 0.15) is 39.3 Å². The Morgan fingerprint density at radius 1 is 1.29 bits per heavy atom. The van der Waals surface area contributed by atoms with Crippen molar-refractivity contribution in [3.05, 3.63) is 29.8 Å². The molecule has 0 amide bonds. The molecule has 1 aliphatic heterocycles. The van der Waals surface area contributed by atoms with Crippen molar-refractivity contribution in [3.63, 3.8) is 0 Å². The first-order valence-electron chi connectivity index (χ1n) is 7.65. The van der Waals surface area contributed by atoms with Crippen molar-refractivity contribution in [2.24, 2.45) is 0 Å². The second-order valence-corrected chi connectivity index (χ2v) is 10.9. The van der Waals surface area contributed by atoms with Gasteiger partial charge in [-0.15, -0.1) is 4.31 Å². The van der Waals surface area contributed by atoms with E-state index in [0.29, 0.717) is 0 Å². The molecular formula is C16H23NO5S2. The van der Waals surface area contributed by atoms with Crippen LogP contribution in [-0.2, 0) is 30.7 Å². The van der Waals surface area contributed by atoms with Gasteiger partial charge in [-0.05, 0) is 45.4 Å². The number of benzene rings is 1. The predicted octanol–water partition coefficient (Wildman–Crippen LogP) is 1.84. The predicted molar refractivity (Wildman–Crippen MR) is 92.4 cm³/mol. The molecule has 0 N–H and O–H groups in total. The zero-order valence-corrected chi connectivity index (χ0v) is 16.1. The Bertz CT molecular complexity index is 709. The van der Waals surface area contributed by atoms with Gasteiger partial charge >= 0.3 is 5.97 Å². The van der Waals surface area contributed by atoms with Crippen molar-refractivity contribution in [3.8, 4) is 0 Å². The normalized spacial score (nSPS) is 25.2. The first-order chi connectivity index (χ1) is 11.0. The van der Waals surface area contributed by atoms with Crippen molar-refractivity contribution in [1.29, 1.82) is 0 Å². The SMILES string of the molecule is CCOC(=O)C1[C@@H](c2ccc(S(C)(=O)=O)cc2)N1[S@+]([O-])C(C)(C)C. The molecule has 2 unspecified atom stereocenters. The van der Waals surface area contributed by atoms with E-state index in [0.717, 1.165) is 11.8 Å². The van der Waals surface area contributed by atoms with Crippen LogP contribution in [-0.4, -0.2) is 46.9 Å². The summed E-state index contributed by atoms with van der Waals surface area (Å²) in [4.78, 5) is 12.4. The van der Waals surface area contributed by atoms with E-state index in [4.69, 9.17) is 4.74 Å². The molecule has 1 aliphatic rings. The van der Waals surface area contributed by atoms with Crippen LogP contribution in [0, 0.1) is 0 Å². The lowest BCUT2D eigenvalue weighted by molar-refractivity contribution is -0.143. The average molecular weight is 373 g/mol. The van der Waals surface area contributed by atoms with E-state index < -0.39 is 38.0 Å². The molecule has 0 aliphatic carbocycles. The lowest BCUT2D eigenvalue weighted by atomic mass is 10.1. The van der Waals surface area contributed by atoms with Crippen molar-refractivity contribution in [1.82, 2.24) is 4.31 Å². The second kappa shape index (κ2) is 6.67. The van der Waals surface area contributed by atoms with Crippen LogP contribution in [0.5, 0.6) is 0 Å². The summed E-state index contributed by atoms with van der Waals surface area (Å²) in [6, 6.07) is 5.36. The molecule has 0 bridgehead atoms. The van der Waals surface area contributed by atoms with Crippen LogP contribution in [0.3, 0.4) is 0 Å². The minimum atomic E-state index is -3.28. The maximum Gasteiger partial charge on any atom is 0.330 e. The van der Waals surface area contributed by atoms with E-state index in [1.165, 1.54) is 12.1 Å². The number of carbonyl (C=O) groups excluding carboxylic acids is 1. The van der Waals surface area contributed by atoms with Crippen LogP contribution in [0.4, 0.5) is 0 Å². The molecule has 2 rings (SSSR count). The van der Waals surface area contributed by atoms with Crippen molar-refractivity contribution >= 4 is 27.2 Å². The Hall–Kier alpha value is -1.09. The number of nitrogens with zero attached hydrogens (tertiary/aromatic N) is 1. The molecule has 1 fully saturated rings. The summed E-state index contributed by atoms with van der Waals surface area (Å²) >= 11 is -1.37. The Morgan fingerprint density at radius 2 is 1.83 bits per heavy atom. The molecular weight excluding hydrogens is 350 g/mol. The lowest BCUT2D eigenvalue weighted by Gasteiger charge is -2.24. The molecule has 0 spiro atoms. The van der Waals surface area contributed by atoms with Gasteiger partial charge in [0.1, 0.15) is 10.8 Å². The molecule has 1 heterocycles. The van der Waals surface area contributed by atoms with Crippen LogP contribution >= 0.6 is 0 Å². The number of ether oxygens (including phenoxy) is 1. The zero-order valence-electron chi connectivity index (χ0n) is 14.5. The monoisotopic (exact) mass is 373 g/mol. The number of esters is 1. The van der Waals surface area contributed by atoms with Crippen LogP contribution in [0.15, 0.2) is 29.2 Å². The topological polar surface area (TPSA) is 86.5 Å². The molecule has 4 atom stereocenters. The van der Waals surface area contributed by atoms with Gasteiger partial charge in [0.25, 0.3) is 0 Å². The van der Waals surface area contributed by atoms with Crippen molar-refractivity contribution in [2.75, 3.05) is 12.9 Å². The molecule has 134 valence electrons. The standard InChI is InChI=1S/C16H23NO5S2/c1-6-22-15(18)14-13(17(14)23(19)16(2,3)4)11-7-9-12(10-8-11)24(5,20)21/h7-10,13-14H,6H2,1-5H3/t13-,14?,17?,23-/m1/s1. The highest BCUT2D eigenvalue weighted by Gasteiger charge is 2.64. The Kier molecular flexibility index (Phi) is 5.34. The van der Waals surface area contributed by atoms with E-state index in [1.54, 1.807) is 23.4 Å². The number of rotatable bonds is 5. The first kappa shape index (κ1) is 19.2. The Balaban J connectivity index is 2.30. The fourth-order valence-corrected chi connectivity index (χ4v) is 4.50. The third-order valence-corrected chi connectivity index (χ3v) is 6.66. The van der Waals surface area contributed by atoms with Gasteiger partial charge in [-0.3, -0.25) is 4.79 Å². The first-order valence-corrected chi connectivity index (χ1v) is 10.6. The molecule has 24 heavy (non-hydrogen) atoms. The molecule has 8 heteroatoms. The van der Waals surface area contributed by atoms with Gasteiger partial charge in [0.2, 0.25) is 0 Å². The summed E-state index contributed by atoms with van der Waals surface area (Å²) in [5, 5.41) is 0. The molecule has 0 aromatic heterocycles. The largest absolute Gasteiger partial charge is 0.597 e. The molecule has 0 radical (unpaired) electrons. The summed E-state index contributed by atoms with van der Waals surface area (Å²) < 4.78 is 42.0. The highest BCUT2D eigenvalue weighted by molar-refractivity contribution is 7.91. The Morgan fingerprint density at radius 3 is 2.25 bits per heavy atom. The van der Waals surface area contributed by atoms with Gasteiger partial charge in [-0.25, -0.2) is 8.42 Å². The average Bonchev–Trinajstić information content (AvgIpc) is 3.20. The minimum Gasteiger partial charge on any atom is -0.597 e. The number of hydrogen-bond acceptors (Lipinski definition) is 6. The molecule has 6 nitrogen and oxygen atoms in total. The van der Waals surface area contributed by atoms with Gasteiger partial charge in [-0.1, -0.05) is 12.1 Å². The van der Waals surface area contributed by atoms with E-state index in [9.17, 15) is 17.8 Å². The lowest BCUT2D eigenvalue weighted by Crippen LogP contribution is -2.35. The fraction of sp³-hybridized carbons (Fsp3) is 0.562. The van der Waals surface area contributed by atoms with E-state index >= 15 is 0 Å². The van der Waals surface area contributed by atoms with Gasteiger partial charge in [0, 0.05) is 17.6 Å². The summed E-state index contributed by atoms with van der Waals surface area (Å²) in [6.07, 6.45) is 1.14. The summed E-state index contributed by atoms with van der Waals surface area (Å²) in [5.74, 6) is -0.410. The highest BCUT2D eigenvalue weighted by atomic mass is 32.2. The summed E-state index contributed by atoms with van der Waals surface area (Å²) in [5.41, 5.74) is 0.748. The van der Waals surface area contributed by atoms with Gasteiger partial charge < -0.3 is 9.29 Å². The van der Waals surface area contributed by atoms with E-state index in [1.807, 2.05) is 20.8 Å². The van der Waals surface area contributed by atoms with Crippen LogP contribution < -0.4 is 0 Å². The maximum atomic E-state index is 12.7. The van der Waals surface area contributed by atoms with E-state index in [2.05, 4.69) is 0 Å². The fourth-order valence-electron chi connectivity index (χ4n) is 2.44. The summed E-state index contributed by atoms with van der Waals surface area (Å²) in [7, 11) is -3.28. The quantitative estimate of drug-likeness (QED) is 0.445. The molecule has 1 aromatic carbocycles. The number of carbonyl (C=O) groups is 1. The van der Waals surface area contributed by atoms with Crippen molar-refractivity contribution in [2.45, 2.75) is 49.4 Å². The number of sulfone groups is 1. The molecule has 1 aromatic rings. The van der Waals surface area contributed by atoms with Gasteiger partial charge in [0.05, 0.1) is 11.5 Å². The van der Waals surface area contributed by atoms with Crippen LogP contribution in [0.25, 0.3) is 0 Å². The highest BCUT2D eigenvalue weighted by Crippen LogP contribution is 2.49. The zero-order chi connectivity index (χ0) is 18.3. The van der Waals surface area contributed by atoms with Gasteiger partial charge in [-0.2, -0.15) is 0 Å².